The maximum atomic E-state index is 11.5. The molecule has 1 heterocycles. The van der Waals surface area contributed by atoms with Crippen LogP contribution in [0.25, 0.3) is 0 Å². The van der Waals surface area contributed by atoms with Gasteiger partial charge in [0.05, 0.1) is 37.1 Å². The van der Waals surface area contributed by atoms with Crippen LogP contribution in [0.5, 0.6) is 11.5 Å². The molecular weight excluding hydrogens is 390 g/mol. The van der Waals surface area contributed by atoms with Crippen LogP contribution in [0.1, 0.15) is 18.2 Å². The van der Waals surface area contributed by atoms with Gasteiger partial charge in [0.25, 0.3) is 0 Å². The van der Waals surface area contributed by atoms with E-state index >= 15 is 0 Å². The van der Waals surface area contributed by atoms with Crippen LogP contribution >= 0.6 is 22.9 Å². The Morgan fingerprint density at radius 2 is 2.26 bits per heavy atom. The Morgan fingerprint density at radius 1 is 1.44 bits per heavy atom. The van der Waals surface area contributed by atoms with Crippen molar-refractivity contribution in [2.75, 3.05) is 25.7 Å². The summed E-state index contributed by atoms with van der Waals surface area (Å²) in [5.41, 5.74) is 4.09. The van der Waals surface area contributed by atoms with Crippen LogP contribution in [0, 0.1) is 0 Å². The summed E-state index contributed by atoms with van der Waals surface area (Å²) in [6, 6.07) is 3.38. The van der Waals surface area contributed by atoms with Crippen molar-refractivity contribution < 1.29 is 19.0 Å². The summed E-state index contributed by atoms with van der Waals surface area (Å²) in [6.45, 7) is 6.07. The summed E-state index contributed by atoms with van der Waals surface area (Å²) in [5, 5.41) is 6.92. The summed E-state index contributed by atoms with van der Waals surface area (Å²) in [5.74, 6) is 0.750. The minimum atomic E-state index is -0.310. The molecule has 0 aliphatic carbocycles. The number of carbonyl (C=O) groups excluding carboxylic acids is 1. The number of esters is 1. The van der Waals surface area contributed by atoms with E-state index in [0.717, 1.165) is 0 Å². The van der Waals surface area contributed by atoms with E-state index in [4.69, 9.17) is 25.8 Å². The summed E-state index contributed by atoms with van der Waals surface area (Å²) in [6.07, 6.45) is 3.32. The highest BCUT2D eigenvalue weighted by Crippen LogP contribution is 2.32. The Balaban J connectivity index is 2.02. The first kappa shape index (κ1) is 20.7. The lowest BCUT2D eigenvalue weighted by Crippen LogP contribution is -2.07. The zero-order valence-corrected chi connectivity index (χ0v) is 16.6. The van der Waals surface area contributed by atoms with E-state index in [9.17, 15) is 4.79 Å². The summed E-state index contributed by atoms with van der Waals surface area (Å²) in [7, 11) is 1.55. The van der Waals surface area contributed by atoms with E-state index in [1.807, 2.05) is 0 Å². The SMILES string of the molecule is C=CCOc1cc(Cl)c(C=NNc2nc(CC(=O)OCC)cs2)cc1OC. The Kier molecular flexibility index (Phi) is 8.09. The highest BCUT2D eigenvalue weighted by molar-refractivity contribution is 7.13. The van der Waals surface area contributed by atoms with Gasteiger partial charge in [-0.3, -0.25) is 10.2 Å². The molecule has 0 aliphatic heterocycles. The average Bonchev–Trinajstić information content (AvgIpc) is 3.08. The number of hydrogen-bond donors (Lipinski definition) is 1. The molecule has 0 atom stereocenters. The number of methoxy groups -OCH3 is 1. The highest BCUT2D eigenvalue weighted by atomic mass is 35.5. The minimum absolute atomic E-state index is 0.130. The Labute approximate surface area is 166 Å². The van der Waals surface area contributed by atoms with Gasteiger partial charge in [0, 0.05) is 17.0 Å². The van der Waals surface area contributed by atoms with Crippen LogP contribution in [-0.2, 0) is 16.0 Å². The van der Waals surface area contributed by atoms with Crippen molar-refractivity contribution in [2.24, 2.45) is 5.10 Å². The maximum Gasteiger partial charge on any atom is 0.311 e. The predicted molar refractivity (Wildman–Crippen MR) is 107 cm³/mol. The first-order valence-corrected chi connectivity index (χ1v) is 9.33. The molecule has 1 N–H and O–H groups in total. The summed E-state index contributed by atoms with van der Waals surface area (Å²) >= 11 is 7.60. The molecule has 144 valence electrons. The van der Waals surface area contributed by atoms with Crippen LogP contribution < -0.4 is 14.9 Å². The standard InChI is InChI=1S/C18H20ClN3O4S/c1-4-6-26-16-9-14(19)12(7-15(16)24-3)10-20-22-18-21-13(11-27-18)8-17(23)25-5-2/h4,7,9-11H,1,5-6,8H2,2-3H3,(H,21,22). The van der Waals surface area contributed by atoms with Crippen molar-refractivity contribution in [3.05, 3.63) is 46.4 Å². The van der Waals surface area contributed by atoms with Crippen molar-refractivity contribution >= 4 is 40.3 Å². The number of nitrogens with one attached hydrogen (secondary N) is 1. The number of aromatic nitrogens is 1. The Morgan fingerprint density at radius 3 is 2.96 bits per heavy atom. The smallest absolute Gasteiger partial charge is 0.311 e. The molecule has 0 unspecified atom stereocenters. The number of anilines is 1. The van der Waals surface area contributed by atoms with E-state index in [-0.39, 0.29) is 12.4 Å². The first-order valence-electron chi connectivity index (χ1n) is 8.07. The number of rotatable bonds is 10. The molecule has 0 spiro atoms. The number of hydrogen-bond acceptors (Lipinski definition) is 8. The highest BCUT2D eigenvalue weighted by Gasteiger charge is 2.10. The topological polar surface area (TPSA) is 82.0 Å². The number of carbonyl (C=O) groups is 1. The van der Waals surface area contributed by atoms with E-state index in [0.29, 0.717) is 46.1 Å². The zero-order valence-electron chi connectivity index (χ0n) is 15.0. The van der Waals surface area contributed by atoms with E-state index in [2.05, 4.69) is 22.1 Å². The molecule has 0 amide bonds. The van der Waals surface area contributed by atoms with Gasteiger partial charge >= 0.3 is 5.97 Å². The molecule has 0 radical (unpaired) electrons. The number of nitrogens with zero attached hydrogens (tertiary/aromatic N) is 2. The van der Waals surface area contributed by atoms with E-state index in [1.54, 1.807) is 43.8 Å². The molecule has 9 heteroatoms. The largest absolute Gasteiger partial charge is 0.493 e. The summed E-state index contributed by atoms with van der Waals surface area (Å²) in [4.78, 5) is 15.7. The van der Waals surface area contributed by atoms with Gasteiger partial charge in [-0.15, -0.1) is 11.3 Å². The molecule has 0 saturated heterocycles. The maximum absolute atomic E-state index is 11.5. The second-order valence-electron chi connectivity index (χ2n) is 5.12. The molecule has 1 aromatic heterocycles. The molecule has 2 aromatic rings. The van der Waals surface area contributed by atoms with Gasteiger partial charge in [-0.25, -0.2) is 4.98 Å². The normalized spacial score (nSPS) is 10.6. The predicted octanol–water partition coefficient (Wildman–Crippen LogP) is 3.92. The second-order valence-corrected chi connectivity index (χ2v) is 6.39. The first-order chi connectivity index (χ1) is 13.1. The van der Waals surface area contributed by atoms with Crippen molar-refractivity contribution in [3.63, 3.8) is 0 Å². The van der Waals surface area contributed by atoms with Crippen molar-refractivity contribution in [2.45, 2.75) is 13.3 Å². The van der Waals surface area contributed by atoms with Gasteiger partial charge < -0.3 is 14.2 Å². The summed E-state index contributed by atoms with van der Waals surface area (Å²) < 4.78 is 15.7. The number of benzene rings is 1. The lowest BCUT2D eigenvalue weighted by Gasteiger charge is -2.11. The molecule has 0 saturated carbocycles. The number of hydrazone groups is 1. The molecule has 0 fully saturated rings. The van der Waals surface area contributed by atoms with E-state index in [1.165, 1.54) is 11.3 Å². The Bertz CT molecular complexity index is 823. The minimum Gasteiger partial charge on any atom is -0.493 e. The monoisotopic (exact) mass is 409 g/mol. The fraction of sp³-hybridized carbons (Fsp3) is 0.278. The van der Waals surface area contributed by atoms with Gasteiger partial charge in [0.15, 0.2) is 11.5 Å². The quantitative estimate of drug-likeness (QED) is 0.277. The fourth-order valence-electron chi connectivity index (χ4n) is 2.03. The lowest BCUT2D eigenvalue weighted by molar-refractivity contribution is -0.142. The van der Waals surface area contributed by atoms with Crippen LogP contribution in [0.4, 0.5) is 5.13 Å². The van der Waals surface area contributed by atoms with Crippen LogP contribution in [0.2, 0.25) is 5.02 Å². The van der Waals surface area contributed by atoms with Crippen molar-refractivity contribution in [1.82, 2.24) is 4.98 Å². The van der Waals surface area contributed by atoms with Crippen molar-refractivity contribution in [3.8, 4) is 11.5 Å². The Hall–Kier alpha value is -2.58. The van der Waals surface area contributed by atoms with Gasteiger partial charge in [-0.1, -0.05) is 24.3 Å². The molecule has 1 aromatic carbocycles. The average molecular weight is 410 g/mol. The zero-order chi connectivity index (χ0) is 19.6. The van der Waals surface area contributed by atoms with Gasteiger partial charge in [-0.05, 0) is 13.0 Å². The third kappa shape index (κ3) is 6.26. The second kappa shape index (κ2) is 10.5. The third-order valence-electron chi connectivity index (χ3n) is 3.19. The van der Waals surface area contributed by atoms with E-state index < -0.39 is 0 Å². The van der Waals surface area contributed by atoms with Gasteiger partial charge in [0.1, 0.15) is 6.61 Å². The molecule has 0 aliphatic rings. The molecule has 27 heavy (non-hydrogen) atoms. The molecule has 2 rings (SSSR count). The molecule has 0 bridgehead atoms. The molecular formula is C18H20ClN3O4S. The van der Waals surface area contributed by atoms with Gasteiger partial charge in [-0.2, -0.15) is 5.10 Å². The fourth-order valence-corrected chi connectivity index (χ4v) is 2.89. The number of halogens is 1. The van der Waals surface area contributed by atoms with Gasteiger partial charge in [0.2, 0.25) is 5.13 Å². The van der Waals surface area contributed by atoms with Crippen LogP contribution in [0.15, 0.2) is 35.3 Å². The third-order valence-corrected chi connectivity index (χ3v) is 4.31. The molecule has 7 nitrogen and oxygen atoms in total. The van der Waals surface area contributed by atoms with Crippen LogP contribution in [-0.4, -0.2) is 37.5 Å². The number of ether oxygens (including phenoxy) is 3. The van der Waals surface area contributed by atoms with Crippen LogP contribution in [0.3, 0.4) is 0 Å². The lowest BCUT2D eigenvalue weighted by atomic mass is 10.2. The number of thiazole rings is 1. The van der Waals surface area contributed by atoms with Crippen molar-refractivity contribution in [1.29, 1.82) is 0 Å².